The molecule has 0 N–H and O–H groups in total. The summed E-state index contributed by atoms with van der Waals surface area (Å²) in [4.78, 5) is 10.2. The molecule has 0 bridgehead atoms. The lowest BCUT2D eigenvalue weighted by Gasteiger charge is -1.91. The fourth-order valence-electron chi connectivity index (χ4n) is 0.306. The van der Waals surface area contributed by atoms with Gasteiger partial charge in [0.2, 0.25) is 0 Å². The molecule has 0 atom stereocenters. The number of carbonyl (C=O) groups excluding carboxylic acids is 1. The van der Waals surface area contributed by atoms with Gasteiger partial charge in [0.25, 0.3) is 0 Å². The molecule has 2 nitrogen and oxygen atoms in total. The number of hydrogen-bond donors (Lipinski definition) is 0. The number of methoxy groups -OCH3 is 1. The molecule has 0 fully saturated rings. The van der Waals surface area contributed by atoms with Crippen LogP contribution in [0.15, 0.2) is 13.2 Å². The minimum absolute atomic E-state index is 0.123. The lowest BCUT2D eigenvalue weighted by Crippen LogP contribution is -1.97. The number of carbonyl (C=O) groups is 1. The molecule has 0 spiro atoms. The van der Waals surface area contributed by atoms with Gasteiger partial charge >= 0.3 is 5.97 Å². The van der Waals surface area contributed by atoms with E-state index in [0.29, 0.717) is 6.42 Å². The minimum atomic E-state index is -0.123. The summed E-state index contributed by atoms with van der Waals surface area (Å²) in [6.07, 6.45) is 1.41. The highest BCUT2D eigenvalue weighted by Crippen LogP contribution is 1.86. The number of rotatable bonds is 2. The van der Waals surface area contributed by atoms with Gasteiger partial charge in [0.1, 0.15) is 0 Å². The Bertz CT molecular complexity index is 69.3. The van der Waals surface area contributed by atoms with Gasteiger partial charge in [-0.2, -0.15) is 0 Å². The van der Waals surface area contributed by atoms with Crippen molar-refractivity contribution < 1.29 is 9.53 Å². The van der Waals surface area contributed by atoms with E-state index < -0.39 is 0 Å². The molecule has 9 heavy (non-hydrogen) atoms. The first-order chi connectivity index (χ1) is 4.31. The largest absolute Gasteiger partial charge is 0.469 e. The van der Waals surface area contributed by atoms with Crippen molar-refractivity contribution in [3.8, 4) is 0 Å². The van der Waals surface area contributed by atoms with E-state index in [1.807, 2.05) is 6.92 Å². The molecule has 0 saturated carbocycles. The van der Waals surface area contributed by atoms with Crippen LogP contribution >= 0.6 is 0 Å². The standard InChI is InChI=1S/C5H10O2.C2H4/c1-3-4-5(6)7-2;1-2/h3-4H2,1-2H3;1-2H2. The van der Waals surface area contributed by atoms with Crippen LogP contribution in [0.4, 0.5) is 0 Å². The summed E-state index contributed by atoms with van der Waals surface area (Å²) >= 11 is 0. The average Bonchev–Trinajstić information content (AvgIpc) is 1.93. The maximum absolute atomic E-state index is 10.2. The number of ether oxygens (including phenoxy) is 1. The SMILES string of the molecule is C=C.CCCC(=O)OC. The maximum Gasteiger partial charge on any atom is 0.305 e. The smallest absolute Gasteiger partial charge is 0.305 e. The average molecular weight is 130 g/mol. The zero-order valence-corrected chi connectivity index (χ0v) is 6.14. The molecular formula is C7H14O2. The van der Waals surface area contributed by atoms with Crippen LogP contribution in [0.5, 0.6) is 0 Å². The summed E-state index contributed by atoms with van der Waals surface area (Å²) in [5.41, 5.74) is 0. The van der Waals surface area contributed by atoms with E-state index in [0.717, 1.165) is 6.42 Å². The predicted molar refractivity (Wildman–Crippen MR) is 38.2 cm³/mol. The van der Waals surface area contributed by atoms with Crippen LogP contribution in [0.2, 0.25) is 0 Å². The molecule has 0 aliphatic heterocycles. The van der Waals surface area contributed by atoms with E-state index in [4.69, 9.17) is 0 Å². The molecule has 0 radical (unpaired) electrons. The summed E-state index contributed by atoms with van der Waals surface area (Å²) in [5.74, 6) is -0.123. The van der Waals surface area contributed by atoms with Crippen molar-refractivity contribution in [2.45, 2.75) is 19.8 Å². The van der Waals surface area contributed by atoms with Crippen molar-refractivity contribution in [3.05, 3.63) is 13.2 Å². The summed E-state index contributed by atoms with van der Waals surface area (Å²) < 4.78 is 4.35. The normalized spacial score (nSPS) is 6.89. The van der Waals surface area contributed by atoms with Crippen LogP contribution in [-0.2, 0) is 9.53 Å². The summed E-state index contributed by atoms with van der Waals surface area (Å²) in [5, 5.41) is 0. The van der Waals surface area contributed by atoms with Gasteiger partial charge < -0.3 is 4.74 Å². The van der Waals surface area contributed by atoms with Crippen LogP contribution in [0.3, 0.4) is 0 Å². The fourth-order valence-corrected chi connectivity index (χ4v) is 0.306. The van der Waals surface area contributed by atoms with Crippen LogP contribution in [0.1, 0.15) is 19.8 Å². The molecule has 0 saturated heterocycles. The Kier molecular flexibility index (Phi) is 12.6. The Balaban J connectivity index is 0. The quantitative estimate of drug-likeness (QED) is 0.420. The highest BCUT2D eigenvalue weighted by atomic mass is 16.5. The Morgan fingerprint density at radius 2 is 2.00 bits per heavy atom. The zero-order valence-electron chi connectivity index (χ0n) is 6.14. The van der Waals surface area contributed by atoms with Crippen LogP contribution in [0, 0.1) is 0 Å². The van der Waals surface area contributed by atoms with Crippen molar-refractivity contribution in [1.29, 1.82) is 0 Å². The van der Waals surface area contributed by atoms with E-state index in [1.54, 1.807) is 0 Å². The van der Waals surface area contributed by atoms with Crippen molar-refractivity contribution in [2.75, 3.05) is 7.11 Å². The van der Waals surface area contributed by atoms with Gasteiger partial charge in [-0.05, 0) is 6.42 Å². The topological polar surface area (TPSA) is 26.3 Å². The van der Waals surface area contributed by atoms with Crippen LogP contribution in [-0.4, -0.2) is 13.1 Å². The molecule has 0 unspecified atom stereocenters. The number of esters is 1. The second-order valence-electron chi connectivity index (χ2n) is 1.33. The Labute approximate surface area is 56.5 Å². The van der Waals surface area contributed by atoms with Gasteiger partial charge in [-0.15, -0.1) is 13.2 Å². The molecule has 2 heteroatoms. The van der Waals surface area contributed by atoms with E-state index >= 15 is 0 Å². The molecule has 0 amide bonds. The van der Waals surface area contributed by atoms with Gasteiger partial charge in [-0.25, -0.2) is 0 Å². The lowest BCUT2D eigenvalue weighted by molar-refractivity contribution is -0.140. The third-order valence-electron chi connectivity index (χ3n) is 0.682. The maximum atomic E-state index is 10.2. The van der Waals surface area contributed by atoms with Gasteiger partial charge in [0, 0.05) is 6.42 Å². The first-order valence-electron chi connectivity index (χ1n) is 2.88. The van der Waals surface area contributed by atoms with Crippen molar-refractivity contribution >= 4 is 5.97 Å². The van der Waals surface area contributed by atoms with E-state index in [9.17, 15) is 4.79 Å². The van der Waals surface area contributed by atoms with E-state index in [-0.39, 0.29) is 5.97 Å². The van der Waals surface area contributed by atoms with Crippen LogP contribution < -0.4 is 0 Å². The van der Waals surface area contributed by atoms with Gasteiger partial charge in [-0.3, -0.25) is 4.79 Å². The molecule has 0 aliphatic carbocycles. The van der Waals surface area contributed by atoms with E-state index in [2.05, 4.69) is 17.9 Å². The monoisotopic (exact) mass is 130 g/mol. The van der Waals surface area contributed by atoms with E-state index in [1.165, 1.54) is 7.11 Å². The second kappa shape index (κ2) is 10.2. The minimum Gasteiger partial charge on any atom is -0.469 e. The van der Waals surface area contributed by atoms with Gasteiger partial charge in [0.05, 0.1) is 7.11 Å². The number of hydrogen-bond acceptors (Lipinski definition) is 2. The van der Waals surface area contributed by atoms with Gasteiger partial charge in [-0.1, -0.05) is 6.92 Å². The Hall–Kier alpha value is -0.790. The van der Waals surface area contributed by atoms with Crippen molar-refractivity contribution in [2.24, 2.45) is 0 Å². The first kappa shape index (κ1) is 11.1. The molecule has 0 aromatic heterocycles. The summed E-state index contributed by atoms with van der Waals surface area (Å²) in [6, 6.07) is 0. The predicted octanol–water partition coefficient (Wildman–Crippen LogP) is 1.76. The first-order valence-corrected chi connectivity index (χ1v) is 2.88. The molecule has 0 rings (SSSR count). The lowest BCUT2D eigenvalue weighted by atomic mass is 10.3. The Morgan fingerprint density at radius 1 is 1.56 bits per heavy atom. The highest BCUT2D eigenvalue weighted by molar-refractivity contribution is 5.68. The molecular weight excluding hydrogens is 116 g/mol. The van der Waals surface area contributed by atoms with Gasteiger partial charge in [0.15, 0.2) is 0 Å². The fraction of sp³-hybridized carbons (Fsp3) is 0.571. The summed E-state index contributed by atoms with van der Waals surface area (Å²) in [7, 11) is 1.40. The third kappa shape index (κ3) is 11.0. The van der Waals surface area contributed by atoms with Crippen LogP contribution in [0.25, 0.3) is 0 Å². The molecule has 54 valence electrons. The van der Waals surface area contributed by atoms with Crippen molar-refractivity contribution in [3.63, 3.8) is 0 Å². The van der Waals surface area contributed by atoms with Crippen molar-refractivity contribution in [1.82, 2.24) is 0 Å². The molecule has 0 aromatic carbocycles. The zero-order chi connectivity index (χ0) is 7.70. The molecule has 0 aliphatic rings. The molecule has 0 heterocycles. The Morgan fingerprint density at radius 3 is 2.11 bits per heavy atom. The molecule has 0 aromatic rings. The summed E-state index contributed by atoms with van der Waals surface area (Å²) in [6.45, 7) is 7.94. The third-order valence-corrected chi connectivity index (χ3v) is 0.682. The second-order valence-corrected chi connectivity index (χ2v) is 1.33. The highest BCUT2D eigenvalue weighted by Gasteiger charge is 1.92.